The zero-order valence-electron chi connectivity index (χ0n) is 8.54. The molecule has 0 saturated heterocycles. The number of hydrogen-bond donors (Lipinski definition) is 1. The van der Waals surface area contributed by atoms with Crippen LogP contribution in [0, 0.1) is 0 Å². The summed E-state index contributed by atoms with van der Waals surface area (Å²) in [6.07, 6.45) is 7.21. The first kappa shape index (κ1) is 8.91. The maximum atomic E-state index is 5.81. The molecule has 0 amide bonds. The molecule has 3 rings (SSSR count). The number of anilines is 1. The molecule has 0 unspecified atom stereocenters. The van der Waals surface area contributed by atoms with Gasteiger partial charge < -0.3 is 5.73 Å². The maximum Gasteiger partial charge on any atom is 0.138 e. The molecule has 4 heteroatoms. The van der Waals surface area contributed by atoms with E-state index >= 15 is 0 Å². The smallest absolute Gasteiger partial charge is 0.138 e. The van der Waals surface area contributed by atoms with Gasteiger partial charge in [0.2, 0.25) is 0 Å². The number of fused-ring (bicyclic) bond motifs is 1. The predicted octanol–water partition coefficient (Wildman–Crippen LogP) is 1.98. The fraction of sp³-hybridized carbons (Fsp3) is 0. The van der Waals surface area contributed by atoms with Crippen LogP contribution in [0.2, 0.25) is 0 Å². The average molecular weight is 210 g/mol. The van der Waals surface area contributed by atoms with Gasteiger partial charge >= 0.3 is 0 Å². The maximum absolute atomic E-state index is 5.81. The van der Waals surface area contributed by atoms with Crippen LogP contribution in [0.25, 0.3) is 16.8 Å². The van der Waals surface area contributed by atoms with E-state index in [9.17, 15) is 0 Å². The van der Waals surface area contributed by atoms with Gasteiger partial charge in [0.15, 0.2) is 0 Å². The fourth-order valence-corrected chi connectivity index (χ4v) is 1.70. The Balaban J connectivity index is 2.22. The summed E-state index contributed by atoms with van der Waals surface area (Å²) in [6.45, 7) is 0. The largest absolute Gasteiger partial charge is 0.383 e. The molecule has 0 radical (unpaired) electrons. The predicted molar refractivity (Wildman–Crippen MR) is 62.8 cm³/mol. The van der Waals surface area contributed by atoms with Crippen molar-refractivity contribution < 1.29 is 0 Å². The van der Waals surface area contributed by atoms with Crippen LogP contribution >= 0.6 is 0 Å². The number of hydrogen-bond acceptors (Lipinski definition) is 3. The van der Waals surface area contributed by atoms with Crippen molar-refractivity contribution in [2.24, 2.45) is 0 Å². The van der Waals surface area contributed by atoms with E-state index in [1.165, 1.54) is 0 Å². The molecule has 3 aromatic rings. The standard InChI is InChI=1S/C12H10N4/c13-11-7-15-12-4-3-10(8-16(11)12)9-2-1-5-14-6-9/h1-8H,13H2. The number of pyridine rings is 2. The third-order valence-corrected chi connectivity index (χ3v) is 2.53. The van der Waals surface area contributed by atoms with Gasteiger partial charge in [-0.05, 0) is 18.2 Å². The van der Waals surface area contributed by atoms with Crippen LogP contribution in [0.3, 0.4) is 0 Å². The summed E-state index contributed by atoms with van der Waals surface area (Å²) in [4.78, 5) is 8.27. The van der Waals surface area contributed by atoms with Gasteiger partial charge in [0.05, 0.1) is 6.20 Å². The van der Waals surface area contributed by atoms with Crippen molar-refractivity contribution in [2.45, 2.75) is 0 Å². The van der Waals surface area contributed by atoms with Crippen LogP contribution in [0.4, 0.5) is 5.82 Å². The van der Waals surface area contributed by atoms with Crippen LogP contribution in [0.5, 0.6) is 0 Å². The average Bonchev–Trinajstić information content (AvgIpc) is 2.72. The summed E-state index contributed by atoms with van der Waals surface area (Å²) >= 11 is 0. The first-order valence-electron chi connectivity index (χ1n) is 4.97. The molecule has 2 N–H and O–H groups in total. The van der Waals surface area contributed by atoms with Gasteiger partial charge in [0.25, 0.3) is 0 Å². The topological polar surface area (TPSA) is 56.2 Å². The SMILES string of the molecule is Nc1cnc2ccc(-c3cccnc3)cn12. The molecule has 0 saturated carbocycles. The minimum atomic E-state index is 0.640. The molecule has 78 valence electrons. The molecule has 0 aromatic carbocycles. The van der Waals surface area contributed by atoms with Gasteiger partial charge in [0.1, 0.15) is 11.5 Å². The second-order valence-corrected chi connectivity index (χ2v) is 3.57. The van der Waals surface area contributed by atoms with Gasteiger partial charge in [-0.3, -0.25) is 9.38 Å². The van der Waals surface area contributed by atoms with Gasteiger partial charge in [-0.25, -0.2) is 4.98 Å². The third-order valence-electron chi connectivity index (χ3n) is 2.53. The van der Waals surface area contributed by atoms with Gasteiger partial charge in [-0.2, -0.15) is 0 Å². The van der Waals surface area contributed by atoms with Crippen molar-refractivity contribution in [1.82, 2.24) is 14.4 Å². The number of imidazole rings is 1. The first-order chi connectivity index (χ1) is 7.84. The summed E-state index contributed by atoms with van der Waals surface area (Å²) < 4.78 is 1.86. The van der Waals surface area contributed by atoms with Crippen LogP contribution in [-0.2, 0) is 0 Å². The summed E-state index contributed by atoms with van der Waals surface area (Å²) in [5.74, 6) is 0.640. The molecule has 0 aliphatic heterocycles. The van der Waals surface area contributed by atoms with Crippen molar-refractivity contribution in [3.8, 4) is 11.1 Å². The minimum Gasteiger partial charge on any atom is -0.383 e. The van der Waals surface area contributed by atoms with E-state index in [2.05, 4.69) is 9.97 Å². The zero-order chi connectivity index (χ0) is 11.0. The Bertz CT molecular complexity index is 628. The highest BCUT2D eigenvalue weighted by Gasteiger charge is 2.02. The Morgan fingerprint density at radius 1 is 1.06 bits per heavy atom. The number of aromatic nitrogens is 3. The van der Waals surface area contributed by atoms with E-state index in [0.29, 0.717) is 5.82 Å². The van der Waals surface area contributed by atoms with E-state index in [-0.39, 0.29) is 0 Å². The van der Waals surface area contributed by atoms with E-state index < -0.39 is 0 Å². The molecule has 0 fully saturated rings. The molecule has 0 aliphatic rings. The number of rotatable bonds is 1. The Morgan fingerprint density at radius 2 is 2.00 bits per heavy atom. The van der Waals surface area contributed by atoms with Crippen molar-refractivity contribution in [1.29, 1.82) is 0 Å². The van der Waals surface area contributed by atoms with Gasteiger partial charge in [-0.1, -0.05) is 6.07 Å². The van der Waals surface area contributed by atoms with E-state index in [0.717, 1.165) is 16.8 Å². The Hall–Kier alpha value is -2.36. The summed E-state index contributed by atoms with van der Waals surface area (Å²) in [5, 5.41) is 0. The van der Waals surface area contributed by atoms with Crippen molar-refractivity contribution in [3.05, 3.63) is 49.1 Å². The van der Waals surface area contributed by atoms with E-state index in [4.69, 9.17) is 5.73 Å². The van der Waals surface area contributed by atoms with Crippen LogP contribution in [-0.4, -0.2) is 14.4 Å². The summed E-state index contributed by atoms with van der Waals surface area (Å²) in [6, 6.07) is 7.88. The second-order valence-electron chi connectivity index (χ2n) is 3.57. The summed E-state index contributed by atoms with van der Waals surface area (Å²) in [7, 11) is 0. The Labute approximate surface area is 92.4 Å². The minimum absolute atomic E-state index is 0.640. The number of nitrogens with zero attached hydrogens (tertiary/aromatic N) is 3. The monoisotopic (exact) mass is 210 g/mol. The third kappa shape index (κ3) is 1.32. The zero-order valence-corrected chi connectivity index (χ0v) is 8.54. The molecule has 0 atom stereocenters. The lowest BCUT2D eigenvalue weighted by molar-refractivity contribution is 1.19. The van der Waals surface area contributed by atoms with Crippen molar-refractivity contribution >= 4 is 11.5 Å². The second kappa shape index (κ2) is 3.34. The quantitative estimate of drug-likeness (QED) is 0.668. The molecule has 4 nitrogen and oxygen atoms in total. The molecule has 0 bridgehead atoms. The molecule has 0 aliphatic carbocycles. The Morgan fingerprint density at radius 3 is 2.81 bits per heavy atom. The van der Waals surface area contributed by atoms with Crippen LogP contribution in [0.1, 0.15) is 0 Å². The number of nitrogen functional groups attached to an aromatic ring is 1. The fourth-order valence-electron chi connectivity index (χ4n) is 1.70. The Kier molecular flexibility index (Phi) is 1.86. The summed E-state index contributed by atoms with van der Waals surface area (Å²) in [5.41, 5.74) is 8.80. The molecule has 16 heavy (non-hydrogen) atoms. The molecular weight excluding hydrogens is 200 g/mol. The van der Waals surface area contributed by atoms with E-state index in [1.54, 1.807) is 12.4 Å². The lowest BCUT2D eigenvalue weighted by Crippen LogP contribution is -1.92. The molecule has 3 heterocycles. The highest BCUT2D eigenvalue weighted by Crippen LogP contribution is 2.19. The highest BCUT2D eigenvalue weighted by molar-refractivity contribution is 5.64. The molecular formula is C12H10N4. The first-order valence-corrected chi connectivity index (χ1v) is 4.97. The van der Waals surface area contributed by atoms with Gasteiger partial charge in [-0.15, -0.1) is 0 Å². The lowest BCUT2D eigenvalue weighted by atomic mass is 10.1. The van der Waals surface area contributed by atoms with Gasteiger partial charge in [0, 0.05) is 29.7 Å². The van der Waals surface area contributed by atoms with Crippen LogP contribution in [0.15, 0.2) is 49.1 Å². The molecule has 0 spiro atoms. The van der Waals surface area contributed by atoms with E-state index in [1.807, 2.05) is 41.1 Å². The van der Waals surface area contributed by atoms with Crippen molar-refractivity contribution in [3.63, 3.8) is 0 Å². The molecule has 3 aromatic heterocycles. The lowest BCUT2D eigenvalue weighted by Gasteiger charge is -2.02. The normalized spacial score (nSPS) is 10.8. The highest BCUT2D eigenvalue weighted by atomic mass is 15.1. The van der Waals surface area contributed by atoms with Crippen LogP contribution < -0.4 is 5.73 Å². The van der Waals surface area contributed by atoms with Crippen molar-refractivity contribution in [2.75, 3.05) is 5.73 Å². The number of nitrogens with two attached hydrogens (primary N) is 1.